The summed E-state index contributed by atoms with van der Waals surface area (Å²) < 4.78 is 12.5. The van der Waals surface area contributed by atoms with Gasteiger partial charge in [-0.25, -0.2) is 4.98 Å². The molecule has 7 heteroatoms. The van der Waals surface area contributed by atoms with Crippen LogP contribution in [0, 0.1) is 0 Å². The smallest absolute Gasteiger partial charge is 0.250 e. The largest absolute Gasteiger partial charge is 0.454 e. The molecule has 3 aromatic rings. The lowest BCUT2D eigenvalue weighted by Gasteiger charge is -1.98. The molecule has 24 heavy (non-hydrogen) atoms. The van der Waals surface area contributed by atoms with Crippen molar-refractivity contribution in [1.29, 1.82) is 0 Å². The molecule has 0 spiro atoms. The molecule has 1 aromatic heterocycles. The molecule has 0 saturated heterocycles. The van der Waals surface area contributed by atoms with Crippen LogP contribution in [0.25, 0.3) is 16.3 Å². The highest BCUT2D eigenvalue weighted by Crippen LogP contribution is 2.33. The van der Waals surface area contributed by atoms with Crippen LogP contribution in [0.1, 0.15) is 5.56 Å². The number of nitrogens with zero attached hydrogens (tertiary/aromatic N) is 1. The van der Waals surface area contributed by atoms with Gasteiger partial charge in [0.05, 0.1) is 10.2 Å². The first kappa shape index (κ1) is 15.2. The second kappa shape index (κ2) is 6.26. The van der Waals surface area contributed by atoms with Gasteiger partial charge in [0.2, 0.25) is 12.7 Å². The third-order valence-corrected chi connectivity index (χ3v) is 5.00. The Balaban J connectivity index is 1.48. The van der Waals surface area contributed by atoms with Gasteiger partial charge in [-0.3, -0.25) is 10.1 Å². The van der Waals surface area contributed by atoms with E-state index >= 15 is 0 Å². The van der Waals surface area contributed by atoms with Crippen molar-refractivity contribution in [2.75, 3.05) is 12.1 Å². The zero-order valence-electron chi connectivity index (χ0n) is 12.3. The molecule has 2 aromatic carbocycles. The van der Waals surface area contributed by atoms with E-state index in [0.29, 0.717) is 10.9 Å². The Labute approximate surface area is 150 Å². The highest BCUT2D eigenvalue weighted by atomic mass is 79.9. The fraction of sp³-hybridized carbons (Fsp3) is 0.0588. The van der Waals surface area contributed by atoms with Crippen molar-refractivity contribution in [3.8, 4) is 11.5 Å². The van der Waals surface area contributed by atoms with Crippen LogP contribution in [0.4, 0.5) is 5.13 Å². The second-order valence-electron chi connectivity index (χ2n) is 5.04. The molecule has 0 fully saturated rings. The first-order valence-electron chi connectivity index (χ1n) is 7.13. The van der Waals surface area contributed by atoms with Crippen LogP contribution in [0.5, 0.6) is 11.5 Å². The molecule has 0 unspecified atom stereocenters. The van der Waals surface area contributed by atoms with Crippen LogP contribution in [0.3, 0.4) is 0 Å². The number of nitrogens with one attached hydrogen (secondary N) is 1. The fourth-order valence-electron chi connectivity index (χ4n) is 2.30. The number of fused-ring (bicyclic) bond motifs is 2. The Morgan fingerprint density at radius 3 is 3.00 bits per heavy atom. The van der Waals surface area contributed by atoms with Gasteiger partial charge < -0.3 is 9.47 Å². The van der Waals surface area contributed by atoms with Gasteiger partial charge in [0.25, 0.3) is 0 Å². The Bertz CT molecular complexity index is 968. The van der Waals surface area contributed by atoms with Gasteiger partial charge in [0.15, 0.2) is 16.6 Å². The average Bonchev–Trinajstić information content (AvgIpc) is 3.19. The molecule has 0 bridgehead atoms. The summed E-state index contributed by atoms with van der Waals surface area (Å²) in [5.41, 5.74) is 1.71. The molecule has 120 valence electrons. The van der Waals surface area contributed by atoms with Crippen molar-refractivity contribution in [3.63, 3.8) is 0 Å². The lowest BCUT2D eigenvalue weighted by Crippen LogP contribution is -2.07. The van der Waals surface area contributed by atoms with Crippen LogP contribution in [0.15, 0.2) is 46.9 Å². The Morgan fingerprint density at radius 2 is 2.12 bits per heavy atom. The van der Waals surface area contributed by atoms with E-state index in [1.807, 2.05) is 36.4 Å². The van der Waals surface area contributed by atoms with E-state index in [1.54, 1.807) is 6.08 Å². The average molecular weight is 403 g/mol. The maximum Gasteiger partial charge on any atom is 0.250 e. The molecular formula is C17H11BrN2O3S. The molecule has 0 radical (unpaired) electrons. The summed E-state index contributed by atoms with van der Waals surface area (Å²) in [7, 11) is 0. The summed E-state index contributed by atoms with van der Waals surface area (Å²) in [5, 5.41) is 3.35. The van der Waals surface area contributed by atoms with E-state index in [1.165, 1.54) is 17.4 Å². The number of ether oxygens (including phenoxy) is 2. The molecular weight excluding hydrogens is 392 g/mol. The van der Waals surface area contributed by atoms with Gasteiger partial charge in [-0.2, -0.15) is 0 Å². The van der Waals surface area contributed by atoms with E-state index < -0.39 is 0 Å². The van der Waals surface area contributed by atoms with Gasteiger partial charge in [-0.15, -0.1) is 0 Å². The fourth-order valence-corrected chi connectivity index (χ4v) is 3.79. The van der Waals surface area contributed by atoms with Crippen molar-refractivity contribution < 1.29 is 14.3 Å². The number of hydrogen-bond acceptors (Lipinski definition) is 5. The number of carbonyl (C=O) groups is 1. The molecule has 2 heterocycles. The van der Waals surface area contributed by atoms with Crippen LogP contribution in [0.2, 0.25) is 0 Å². The molecule has 4 rings (SSSR count). The van der Waals surface area contributed by atoms with Gasteiger partial charge in [-0.05, 0) is 51.8 Å². The van der Waals surface area contributed by atoms with Crippen molar-refractivity contribution in [1.82, 2.24) is 4.98 Å². The van der Waals surface area contributed by atoms with Crippen LogP contribution in [-0.2, 0) is 4.79 Å². The maximum absolute atomic E-state index is 12.1. The predicted molar refractivity (Wildman–Crippen MR) is 97.5 cm³/mol. The monoisotopic (exact) mass is 402 g/mol. The minimum atomic E-state index is -0.233. The summed E-state index contributed by atoms with van der Waals surface area (Å²) >= 11 is 4.89. The highest BCUT2D eigenvalue weighted by Gasteiger charge is 2.12. The normalized spacial score (nSPS) is 12.9. The molecule has 1 aliphatic heterocycles. The number of thiazole rings is 1. The van der Waals surface area contributed by atoms with Crippen LogP contribution >= 0.6 is 27.3 Å². The molecule has 5 nitrogen and oxygen atoms in total. The lowest BCUT2D eigenvalue weighted by atomic mass is 10.2. The van der Waals surface area contributed by atoms with E-state index in [2.05, 4.69) is 26.2 Å². The van der Waals surface area contributed by atoms with E-state index in [0.717, 1.165) is 26.0 Å². The standard InChI is InChI=1S/C17H11BrN2O3S/c18-11-2-1-3-14-16(11)20-17(24-14)19-15(21)7-5-10-4-6-12-13(8-10)23-9-22-12/h1-8H,9H2,(H,19,20,21)/b7-5-. The van der Waals surface area contributed by atoms with E-state index in [9.17, 15) is 4.79 Å². The predicted octanol–water partition coefficient (Wildman–Crippen LogP) is 4.44. The van der Waals surface area contributed by atoms with Crippen molar-refractivity contribution in [2.45, 2.75) is 0 Å². The summed E-state index contributed by atoms with van der Waals surface area (Å²) in [6, 6.07) is 11.4. The van der Waals surface area contributed by atoms with Crippen LogP contribution < -0.4 is 14.8 Å². The Kier molecular flexibility index (Phi) is 3.95. The molecule has 0 saturated carbocycles. The quantitative estimate of drug-likeness (QED) is 0.657. The summed E-state index contributed by atoms with van der Waals surface area (Å²) in [6.07, 6.45) is 3.19. The second-order valence-corrected chi connectivity index (χ2v) is 6.93. The number of anilines is 1. The number of hydrogen-bond donors (Lipinski definition) is 1. The first-order chi connectivity index (χ1) is 11.7. The van der Waals surface area contributed by atoms with Gasteiger partial charge in [-0.1, -0.05) is 23.5 Å². The number of amides is 1. The zero-order chi connectivity index (χ0) is 16.5. The Hall–Kier alpha value is -2.38. The highest BCUT2D eigenvalue weighted by molar-refractivity contribution is 9.10. The zero-order valence-corrected chi connectivity index (χ0v) is 14.7. The molecule has 1 N–H and O–H groups in total. The number of para-hydroxylation sites is 1. The molecule has 0 atom stereocenters. The van der Waals surface area contributed by atoms with Gasteiger partial charge in [0.1, 0.15) is 0 Å². The topological polar surface area (TPSA) is 60.5 Å². The maximum atomic E-state index is 12.1. The molecule has 1 aliphatic rings. The minimum Gasteiger partial charge on any atom is -0.454 e. The van der Waals surface area contributed by atoms with Crippen LogP contribution in [-0.4, -0.2) is 17.7 Å². The van der Waals surface area contributed by atoms with Crippen molar-refractivity contribution in [3.05, 3.63) is 52.5 Å². The summed E-state index contributed by atoms with van der Waals surface area (Å²) in [5.74, 6) is 1.17. The van der Waals surface area contributed by atoms with E-state index in [-0.39, 0.29) is 12.7 Å². The number of benzene rings is 2. The number of halogens is 1. The van der Waals surface area contributed by atoms with E-state index in [4.69, 9.17) is 9.47 Å². The molecule has 1 amide bonds. The minimum absolute atomic E-state index is 0.232. The lowest BCUT2D eigenvalue weighted by molar-refractivity contribution is -0.111. The number of rotatable bonds is 3. The summed E-state index contributed by atoms with van der Waals surface area (Å²) in [4.78, 5) is 16.5. The van der Waals surface area contributed by atoms with Gasteiger partial charge >= 0.3 is 0 Å². The first-order valence-corrected chi connectivity index (χ1v) is 8.74. The number of carbonyl (C=O) groups excluding carboxylic acids is 1. The third-order valence-electron chi connectivity index (χ3n) is 3.42. The SMILES string of the molecule is O=C(/C=C\c1ccc2c(c1)OCO2)Nc1nc2c(Br)cccc2s1. The molecule has 0 aliphatic carbocycles. The summed E-state index contributed by atoms with van der Waals surface area (Å²) in [6.45, 7) is 0.232. The van der Waals surface area contributed by atoms with Crippen molar-refractivity contribution in [2.24, 2.45) is 0 Å². The van der Waals surface area contributed by atoms with Crippen molar-refractivity contribution >= 4 is 54.6 Å². The Morgan fingerprint density at radius 1 is 1.25 bits per heavy atom. The van der Waals surface area contributed by atoms with Gasteiger partial charge in [0, 0.05) is 10.5 Å². The number of aromatic nitrogens is 1. The third kappa shape index (κ3) is 3.00.